The van der Waals surface area contributed by atoms with Crippen molar-refractivity contribution in [3.8, 4) is 0 Å². The molecule has 0 bridgehead atoms. The molecule has 4 nitrogen and oxygen atoms in total. The van der Waals surface area contributed by atoms with Crippen LogP contribution in [-0.4, -0.2) is 23.8 Å². The normalized spacial score (nSPS) is 10.7. The maximum absolute atomic E-state index is 4.93. The third kappa shape index (κ3) is 1.50. The van der Waals surface area contributed by atoms with Gasteiger partial charge in [-0.15, -0.1) is 5.10 Å². The van der Waals surface area contributed by atoms with Gasteiger partial charge in [-0.25, -0.2) is 0 Å². The number of nitrogens with zero attached hydrogens (tertiary/aromatic N) is 2. The Morgan fingerprint density at radius 1 is 1.50 bits per heavy atom. The predicted molar refractivity (Wildman–Crippen MR) is 36.7 cm³/mol. The number of ether oxygens (including phenoxy) is 2. The molecule has 0 fully saturated rings. The van der Waals surface area contributed by atoms with Crippen LogP contribution in [0.2, 0.25) is 0 Å². The lowest BCUT2D eigenvalue weighted by Gasteiger charge is -2.08. The van der Waals surface area contributed by atoms with Crippen molar-refractivity contribution in [2.75, 3.05) is 14.2 Å². The average Bonchev–Trinajstić information content (AvgIpc) is 2.43. The standard InChI is InChI=1S/C5H8N2O2S/c1-8-5(9-2)4-3-10-7-6-4/h3,5H,1-2H3. The Labute approximate surface area is 62.9 Å². The van der Waals surface area contributed by atoms with Gasteiger partial charge in [-0.05, 0) is 11.5 Å². The summed E-state index contributed by atoms with van der Waals surface area (Å²) in [4.78, 5) is 0. The van der Waals surface area contributed by atoms with E-state index in [9.17, 15) is 0 Å². The Morgan fingerprint density at radius 2 is 2.20 bits per heavy atom. The quantitative estimate of drug-likeness (QED) is 0.614. The second-order valence-corrected chi connectivity index (χ2v) is 2.24. The fraction of sp³-hybridized carbons (Fsp3) is 0.600. The van der Waals surface area contributed by atoms with Crippen LogP contribution < -0.4 is 0 Å². The highest BCUT2D eigenvalue weighted by molar-refractivity contribution is 7.03. The first kappa shape index (κ1) is 7.59. The largest absolute Gasteiger partial charge is 0.350 e. The summed E-state index contributed by atoms with van der Waals surface area (Å²) in [6.07, 6.45) is -0.376. The molecule has 10 heavy (non-hydrogen) atoms. The minimum absolute atomic E-state index is 0.376. The fourth-order valence-electron chi connectivity index (χ4n) is 0.612. The summed E-state index contributed by atoms with van der Waals surface area (Å²) >= 11 is 1.28. The Bertz CT molecular complexity index is 174. The molecule has 0 saturated heterocycles. The van der Waals surface area contributed by atoms with Crippen molar-refractivity contribution in [3.05, 3.63) is 11.1 Å². The van der Waals surface area contributed by atoms with E-state index in [1.54, 1.807) is 19.6 Å². The van der Waals surface area contributed by atoms with Crippen LogP contribution in [0.5, 0.6) is 0 Å². The zero-order chi connectivity index (χ0) is 7.40. The van der Waals surface area contributed by atoms with Crippen LogP contribution in [0.3, 0.4) is 0 Å². The van der Waals surface area contributed by atoms with Gasteiger partial charge in [-0.1, -0.05) is 4.49 Å². The molecule has 0 aromatic carbocycles. The molecule has 0 aliphatic heterocycles. The van der Waals surface area contributed by atoms with Gasteiger partial charge in [0.05, 0.1) is 0 Å². The Morgan fingerprint density at radius 3 is 2.60 bits per heavy atom. The van der Waals surface area contributed by atoms with Crippen molar-refractivity contribution < 1.29 is 9.47 Å². The van der Waals surface area contributed by atoms with Gasteiger partial charge in [0, 0.05) is 19.6 Å². The first-order valence-corrected chi connectivity index (χ1v) is 3.54. The summed E-state index contributed by atoms with van der Waals surface area (Å²) < 4.78 is 13.5. The molecule has 0 radical (unpaired) electrons. The molecular formula is C5H8N2O2S. The van der Waals surface area contributed by atoms with Crippen molar-refractivity contribution in [1.29, 1.82) is 0 Å². The van der Waals surface area contributed by atoms with E-state index in [1.807, 2.05) is 0 Å². The summed E-state index contributed by atoms with van der Waals surface area (Å²) in [5.74, 6) is 0. The molecule has 0 N–H and O–H groups in total. The summed E-state index contributed by atoms with van der Waals surface area (Å²) in [6.45, 7) is 0. The van der Waals surface area contributed by atoms with E-state index >= 15 is 0 Å². The van der Waals surface area contributed by atoms with E-state index in [0.29, 0.717) is 0 Å². The van der Waals surface area contributed by atoms with E-state index in [0.717, 1.165) is 5.69 Å². The van der Waals surface area contributed by atoms with Gasteiger partial charge < -0.3 is 9.47 Å². The minimum atomic E-state index is -0.376. The summed E-state index contributed by atoms with van der Waals surface area (Å²) in [5, 5.41) is 5.57. The van der Waals surface area contributed by atoms with Gasteiger partial charge in [-0.3, -0.25) is 0 Å². The highest BCUT2D eigenvalue weighted by Crippen LogP contribution is 2.14. The van der Waals surface area contributed by atoms with Gasteiger partial charge >= 0.3 is 0 Å². The van der Waals surface area contributed by atoms with Gasteiger partial charge in [0.1, 0.15) is 5.69 Å². The average molecular weight is 160 g/mol. The van der Waals surface area contributed by atoms with Crippen molar-refractivity contribution >= 4 is 11.5 Å². The molecule has 5 heteroatoms. The summed E-state index contributed by atoms with van der Waals surface area (Å²) in [7, 11) is 3.13. The van der Waals surface area contributed by atoms with E-state index < -0.39 is 0 Å². The number of rotatable bonds is 3. The smallest absolute Gasteiger partial charge is 0.203 e. The maximum atomic E-state index is 4.93. The molecule has 0 saturated carbocycles. The van der Waals surface area contributed by atoms with Crippen molar-refractivity contribution in [3.63, 3.8) is 0 Å². The molecule has 0 atom stereocenters. The van der Waals surface area contributed by atoms with E-state index in [-0.39, 0.29) is 6.29 Å². The van der Waals surface area contributed by atoms with Crippen molar-refractivity contribution in [2.45, 2.75) is 6.29 Å². The highest BCUT2D eigenvalue weighted by Gasteiger charge is 2.10. The molecule has 0 spiro atoms. The van der Waals surface area contributed by atoms with Crippen LogP contribution in [0, 0.1) is 0 Å². The van der Waals surface area contributed by atoms with E-state index in [1.165, 1.54) is 11.5 Å². The fourth-order valence-corrected chi connectivity index (χ4v) is 1.07. The van der Waals surface area contributed by atoms with Gasteiger partial charge in [0.25, 0.3) is 0 Å². The molecule has 0 unspecified atom stereocenters. The molecule has 1 heterocycles. The summed E-state index contributed by atoms with van der Waals surface area (Å²) in [5.41, 5.74) is 0.718. The minimum Gasteiger partial charge on any atom is -0.350 e. The highest BCUT2D eigenvalue weighted by atomic mass is 32.1. The second kappa shape index (κ2) is 3.60. The van der Waals surface area contributed by atoms with Crippen molar-refractivity contribution in [2.24, 2.45) is 0 Å². The van der Waals surface area contributed by atoms with E-state index in [4.69, 9.17) is 9.47 Å². The molecule has 0 aliphatic rings. The topological polar surface area (TPSA) is 44.2 Å². The van der Waals surface area contributed by atoms with Gasteiger partial charge in [0.15, 0.2) is 0 Å². The third-order valence-electron chi connectivity index (χ3n) is 1.05. The number of methoxy groups -OCH3 is 2. The first-order chi connectivity index (χ1) is 4.88. The zero-order valence-electron chi connectivity index (χ0n) is 5.77. The number of hydrogen-bond donors (Lipinski definition) is 0. The molecule has 1 rings (SSSR count). The van der Waals surface area contributed by atoms with Crippen LogP contribution in [-0.2, 0) is 9.47 Å². The van der Waals surface area contributed by atoms with Crippen LogP contribution in [0.25, 0.3) is 0 Å². The molecule has 0 amide bonds. The first-order valence-electron chi connectivity index (χ1n) is 2.71. The molecule has 1 aromatic rings. The Hall–Kier alpha value is -0.520. The Kier molecular flexibility index (Phi) is 2.73. The van der Waals surface area contributed by atoms with Crippen LogP contribution in [0.1, 0.15) is 12.0 Å². The number of aromatic nitrogens is 2. The Balaban J connectivity index is 2.64. The van der Waals surface area contributed by atoms with Crippen LogP contribution in [0.15, 0.2) is 5.38 Å². The predicted octanol–water partition coefficient (Wildman–Crippen LogP) is 0.830. The molecular weight excluding hydrogens is 152 g/mol. The summed E-state index contributed by atoms with van der Waals surface area (Å²) in [6, 6.07) is 0. The monoisotopic (exact) mass is 160 g/mol. The van der Waals surface area contributed by atoms with Crippen molar-refractivity contribution in [1.82, 2.24) is 9.59 Å². The maximum Gasteiger partial charge on any atom is 0.203 e. The SMILES string of the molecule is COC(OC)c1csnn1. The third-order valence-corrected chi connectivity index (χ3v) is 1.57. The van der Waals surface area contributed by atoms with Gasteiger partial charge in [0.2, 0.25) is 6.29 Å². The molecule has 56 valence electrons. The lowest BCUT2D eigenvalue weighted by molar-refractivity contribution is -0.108. The van der Waals surface area contributed by atoms with E-state index in [2.05, 4.69) is 9.59 Å². The van der Waals surface area contributed by atoms with Crippen LogP contribution in [0.4, 0.5) is 0 Å². The zero-order valence-corrected chi connectivity index (χ0v) is 6.59. The number of hydrogen-bond acceptors (Lipinski definition) is 5. The lowest BCUT2D eigenvalue weighted by atomic mass is 10.5. The second-order valence-electron chi connectivity index (χ2n) is 1.63. The van der Waals surface area contributed by atoms with Crippen LogP contribution >= 0.6 is 11.5 Å². The van der Waals surface area contributed by atoms with Gasteiger partial charge in [-0.2, -0.15) is 0 Å². The molecule has 1 aromatic heterocycles. The lowest BCUT2D eigenvalue weighted by Crippen LogP contribution is -2.03. The molecule has 0 aliphatic carbocycles.